The molecule has 0 N–H and O–H groups in total. The van der Waals surface area contributed by atoms with E-state index in [0.29, 0.717) is 12.3 Å². The summed E-state index contributed by atoms with van der Waals surface area (Å²) in [5.41, 5.74) is 2.11. The lowest BCUT2D eigenvalue weighted by Crippen LogP contribution is -2.39. The smallest absolute Gasteiger partial charge is 0.308 e. The van der Waals surface area contributed by atoms with Gasteiger partial charge in [0, 0.05) is 23.6 Å². The molecule has 26 heavy (non-hydrogen) atoms. The molecule has 0 radical (unpaired) electrons. The molecule has 2 rings (SSSR count). The topological polar surface area (TPSA) is 55.8 Å². The minimum atomic E-state index is -0.369. The van der Waals surface area contributed by atoms with Gasteiger partial charge in [-0.2, -0.15) is 0 Å². The van der Waals surface area contributed by atoms with Gasteiger partial charge in [0.05, 0.1) is 6.54 Å². The number of fused-ring (bicyclic) bond motifs is 1. The Balaban J connectivity index is 2.77. The summed E-state index contributed by atoms with van der Waals surface area (Å²) >= 11 is 5.71. The molecule has 6 heteroatoms. The Morgan fingerprint density at radius 2 is 1.81 bits per heavy atom. The second-order valence-corrected chi connectivity index (χ2v) is 8.96. The Bertz CT molecular complexity index is 729. The number of benzene rings is 1. The summed E-state index contributed by atoms with van der Waals surface area (Å²) < 4.78 is 11.6. The molecule has 0 unspecified atom stereocenters. The van der Waals surface area contributed by atoms with Crippen molar-refractivity contribution in [2.24, 2.45) is 0 Å². The molecule has 0 fully saturated rings. The van der Waals surface area contributed by atoms with Gasteiger partial charge in [0.15, 0.2) is 6.73 Å². The molecule has 1 aliphatic heterocycles. The zero-order chi connectivity index (χ0) is 19.9. The molecular formula is C20H28ClNO4. The zero-order valence-electron chi connectivity index (χ0n) is 16.7. The van der Waals surface area contributed by atoms with Crippen molar-refractivity contribution in [3.63, 3.8) is 0 Å². The average Bonchev–Trinajstić information content (AvgIpc) is 2.49. The summed E-state index contributed by atoms with van der Waals surface area (Å²) in [5.74, 6) is 0.646. The predicted octanol–water partition coefficient (Wildman–Crippen LogP) is 4.12. The van der Waals surface area contributed by atoms with Gasteiger partial charge in [-0.25, -0.2) is 0 Å². The van der Waals surface area contributed by atoms with E-state index in [1.54, 1.807) is 4.90 Å². The first kappa shape index (κ1) is 20.6. The minimum absolute atomic E-state index is 0.0968. The monoisotopic (exact) mass is 381 g/mol. The van der Waals surface area contributed by atoms with Crippen LogP contribution < -0.4 is 9.47 Å². The summed E-state index contributed by atoms with van der Waals surface area (Å²) in [6.45, 7) is 14.3. The van der Waals surface area contributed by atoms with Crippen molar-refractivity contribution in [2.75, 3.05) is 12.6 Å². The zero-order valence-corrected chi connectivity index (χ0v) is 17.4. The van der Waals surface area contributed by atoms with E-state index in [0.717, 1.165) is 22.4 Å². The van der Waals surface area contributed by atoms with E-state index < -0.39 is 0 Å². The van der Waals surface area contributed by atoms with Crippen molar-refractivity contribution in [1.29, 1.82) is 0 Å². The third-order valence-electron chi connectivity index (χ3n) is 4.34. The van der Waals surface area contributed by atoms with Crippen LogP contribution in [0.2, 0.25) is 0 Å². The Labute approximate surface area is 160 Å². The maximum atomic E-state index is 12.1. The number of nitrogens with zero attached hydrogens (tertiary/aromatic N) is 1. The fourth-order valence-electron chi connectivity index (χ4n) is 3.19. The molecule has 0 aliphatic carbocycles. The molecule has 0 saturated carbocycles. The number of halogens is 1. The first-order chi connectivity index (χ1) is 11.9. The quantitative estimate of drug-likeness (QED) is 0.439. The van der Waals surface area contributed by atoms with Crippen LogP contribution in [0.25, 0.3) is 0 Å². The standard InChI is InChI=1S/C20H28ClNO4/c1-12(23)26-18-14(19(2,3)4)8-15-13(17(18)20(5,6)7)10-22(11-25-15)16(24)9-21/h8H,9-11H2,1-7H3. The van der Waals surface area contributed by atoms with Crippen LogP contribution in [0.3, 0.4) is 0 Å². The van der Waals surface area contributed by atoms with E-state index in [2.05, 4.69) is 41.5 Å². The van der Waals surface area contributed by atoms with Crippen LogP contribution in [0.5, 0.6) is 11.5 Å². The number of esters is 1. The Hall–Kier alpha value is -1.75. The maximum absolute atomic E-state index is 12.1. The van der Waals surface area contributed by atoms with Crippen LogP contribution in [-0.2, 0) is 27.0 Å². The molecular weight excluding hydrogens is 354 g/mol. The highest BCUT2D eigenvalue weighted by molar-refractivity contribution is 6.27. The second-order valence-electron chi connectivity index (χ2n) is 8.70. The minimum Gasteiger partial charge on any atom is -0.473 e. The van der Waals surface area contributed by atoms with Crippen molar-refractivity contribution in [2.45, 2.75) is 65.8 Å². The summed E-state index contributed by atoms with van der Waals surface area (Å²) in [4.78, 5) is 25.4. The normalized spacial score (nSPS) is 14.5. The van der Waals surface area contributed by atoms with Crippen molar-refractivity contribution in [3.8, 4) is 11.5 Å². The molecule has 0 atom stereocenters. The third kappa shape index (κ3) is 4.14. The number of rotatable bonds is 2. The Morgan fingerprint density at radius 1 is 1.19 bits per heavy atom. The van der Waals surface area contributed by atoms with Crippen molar-refractivity contribution >= 4 is 23.5 Å². The van der Waals surface area contributed by atoms with E-state index >= 15 is 0 Å². The van der Waals surface area contributed by atoms with Gasteiger partial charge in [-0.15, -0.1) is 11.6 Å². The van der Waals surface area contributed by atoms with Gasteiger partial charge in [0.2, 0.25) is 5.91 Å². The van der Waals surface area contributed by atoms with Gasteiger partial charge in [0.25, 0.3) is 0 Å². The molecule has 0 bridgehead atoms. The van der Waals surface area contributed by atoms with Gasteiger partial charge >= 0.3 is 5.97 Å². The van der Waals surface area contributed by atoms with E-state index in [9.17, 15) is 9.59 Å². The lowest BCUT2D eigenvalue weighted by Gasteiger charge is -2.37. The van der Waals surface area contributed by atoms with Gasteiger partial charge in [0.1, 0.15) is 17.4 Å². The highest BCUT2D eigenvalue weighted by atomic mass is 35.5. The molecule has 1 amide bonds. The fourth-order valence-corrected chi connectivity index (χ4v) is 3.36. The number of alkyl halides is 1. The van der Waals surface area contributed by atoms with Gasteiger partial charge in [-0.3, -0.25) is 9.59 Å². The largest absolute Gasteiger partial charge is 0.473 e. The van der Waals surface area contributed by atoms with E-state index in [4.69, 9.17) is 21.1 Å². The molecule has 1 aliphatic rings. The number of amides is 1. The van der Waals surface area contributed by atoms with Gasteiger partial charge < -0.3 is 14.4 Å². The van der Waals surface area contributed by atoms with Crippen LogP contribution in [0, 0.1) is 0 Å². The summed E-state index contributed by atoms with van der Waals surface area (Å²) in [7, 11) is 0. The molecule has 0 aromatic heterocycles. The number of carbonyl (C=O) groups is 2. The number of hydrogen-bond donors (Lipinski definition) is 0. The predicted molar refractivity (Wildman–Crippen MR) is 102 cm³/mol. The van der Waals surface area contributed by atoms with Crippen LogP contribution >= 0.6 is 11.6 Å². The van der Waals surface area contributed by atoms with Crippen LogP contribution in [0.4, 0.5) is 0 Å². The number of hydrogen-bond acceptors (Lipinski definition) is 4. The molecule has 144 valence electrons. The van der Waals surface area contributed by atoms with Crippen molar-refractivity contribution in [1.82, 2.24) is 4.90 Å². The van der Waals surface area contributed by atoms with E-state index in [1.165, 1.54) is 6.92 Å². The van der Waals surface area contributed by atoms with E-state index in [-0.39, 0.29) is 35.3 Å². The van der Waals surface area contributed by atoms with Crippen molar-refractivity contribution in [3.05, 3.63) is 22.8 Å². The maximum Gasteiger partial charge on any atom is 0.308 e. The fraction of sp³-hybridized carbons (Fsp3) is 0.600. The molecule has 5 nitrogen and oxygen atoms in total. The Morgan fingerprint density at radius 3 is 2.27 bits per heavy atom. The van der Waals surface area contributed by atoms with Gasteiger partial charge in [-0.1, -0.05) is 41.5 Å². The average molecular weight is 382 g/mol. The SMILES string of the molecule is CC(=O)Oc1c(C(C)(C)C)cc2c(c1C(C)(C)C)CN(C(=O)CCl)CO2. The highest BCUT2D eigenvalue weighted by Crippen LogP contribution is 2.47. The van der Waals surface area contributed by atoms with Crippen LogP contribution in [0.15, 0.2) is 6.07 Å². The summed E-state index contributed by atoms with van der Waals surface area (Å²) in [6, 6.07) is 1.94. The highest BCUT2D eigenvalue weighted by Gasteiger charge is 2.35. The van der Waals surface area contributed by atoms with Crippen molar-refractivity contribution < 1.29 is 19.1 Å². The molecule has 0 spiro atoms. The first-order valence-electron chi connectivity index (χ1n) is 8.72. The van der Waals surface area contributed by atoms with E-state index in [1.807, 2.05) is 6.07 Å². The molecule has 1 aromatic carbocycles. The molecule has 0 saturated heterocycles. The second kappa shape index (κ2) is 7.10. The number of ether oxygens (including phenoxy) is 2. The number of carbonyl (C=O) groups excluding carboxylic acids is 2. The molecule has 1 aromatic rings. The molecule has 1 heterocycles. The summed E-state index contributed by atoms with van der Waals surface area (Å²) in [5, 5.41) is 0. The van der Waals surface area contributed by atoms with Gasteiger partial charge in [-0.05, 0) is 16.9 Å². The first-order valence-corrected chi connectivity index (χ1v) is 9.25. The van der Waals surface area contributed by atoms with Crippen LogP contribution in [0.1, 0.15) is 65.2 Å². The summed E-state index contributed by atoms with van der Waals surface area (Å²) in [6.07, 6.45) is 0. The van der Waals surface area contributed by atoms with Crippen LogP contribution in [-0.4, -0.2) is 29.4 Å². The lowest BCUT2D eigenvalue weighted by molar-refractivity contribution is -0.134. The lowest BCUT2D eigenvalue weighted by atomic mass is 9.76. The third-order valence-corrected chi connectivity index (χ3v) is 4.57. The Kier molecular flexibility index (Phi) is 5.62.